The van der Waals surface area contributed by atoms with Gasteiger partial charge in [0, 0.05) is 18.8 Å². The Morgan fingerprint density at radius 3 is 2.94 bits per heavy atom. The molecule has 0 aliphatic carbocycles. The van der Waals surface area contributed by atoms with Crippen LogP contribution in [0.1, 0.15) is 24.5 Å². The Morgan fingerprint density at radius 1 is 1.50 bits per heavy atom. The molecule has 3 heteroatoms. The number of nitrogens with two attached hydrogens (primary N) is 1. The highest BCUT2D eigenvalue weighted by Gasteiger charge is 2.23. The molecule has 0 fully saturated rings. The van der Waals surface area contributed by atoms with Crippen molar-refractivity contribution in [2.75, 3.05) is 11.9 Å². The van der Waals surface area contributed by atoms with Crippen LogP contribution in [0.3, 0.4) is 0 Å². The molecule has 2 rings (SSSR count). The van der Waals surface area contributed by atoms with Gasteiger partial charge in [-0.1, -0.05) is 12.1 Å². The molecule has 0 saturated carbocycles. The van der Waals surface area contributed by atoms with Gasteiger partial charge in [-0.25, -0.2) is 0 Å². The highest BCUT2D eigenvalue weighted by Crippen LogP contribution is 2.28. The van der Waals surface area contributed by atoms with E-state index in [1.54, 1.807) is 4.90 Å². The van der Waals surface area contributed by atoms with Crippen LogP contribution in [0, 0.1) is 0 Å². The van der Waals surface area contributed by atoms with Crippen LogP contribution in [0.5, 0.6) is 0 Å². The maximum absolute atomic E-state index is 11.5. The van der Waals surface area contributed by atoms with E-state index in [0.29, 0.717) is 6.42 Å². The normalized spacial score (nSPS) is 16.4. The zero-order valence-corrected chi connectivity index (χ0v) is 9.86. The lowest BCUT2D eigenvalue weighted by Crippen LogP contribution is -2.20. The fourth-order valence-corrected chi connectivity index (χ4v) is 2.07. The van der Waals surface area contributed by atoms with Gasteiger partial charge in [0.05, 0.1) is 6.42 Å². The molecule has 2 N–H and O–H groups in total. The molecule has 1 aliphatic rings. The van der Waals surface area contributed by atoms with Gasteiger partial charge in [-0.15, -0.1) is 0 Å². The van der Waals surface area contributed by atoms with E-state index in [1.807, 2.05) is 20.0 Å². The van der Waals surface area contributed by atoms with Crippen molar-refractivity contribution in [1.29, 1.82) is 0 Å². The molecule has 16 heavy (non-hydrogen) atoms. The molecule has 1 unspecified atom stereocenters. The van der Waals surface area contributed by atoms with E-state index in [2.05, 4.69) is 12.1 Å². The van der Waals surface area contributed by atoms with Crippen molar-refractivity contribution >= 4 is 11.6 Å². The summed E-state index contributed by atoms with van der Waals surface area (Å²) in [5, 5.41) is 0. The summed E-state index contributed by atoms with van der Waals surface area (Å²) in [5.41, 5.74) is 9.21. The summed E-state index contributed by atoms with van der Waals surface area (Å²) in [4.78, 5) is 13.2. The van der Waals surface area contributed by atoms with Crippen molar-refractivity contribution < 1.29 is 4.79 Å². The second-order valence-corrected chi connectivity index (χ2v) is 4.61. The van der Waals surface area contributed by atoms with Gasteiger partial charge in [0.15, 0.2) is 0 Å². The molecule has 1 aliphatic heterocycles. The quantitative estimate of drug-likeness (QED) is 0.835. The van der Waals surface area contributed by atoms with E-state index in [1.165, 1.54) is 5.56 Å². The third-order valence-electron chi connectivity index (χ3n) is 3.11. The zero-order valence-electron chi connectivity index (χ0n) is 9.86. The molecular formula is C13H18N2O. The van der Waals surface area contributed by atoms with Crippen LogP contribution >= 0.6 is 0 Å². The maximum atomic E-state index is 11.5. The number of amides is 1. The number of likely N-dealkylation sites (N-methyl/N-ethyl adjacent to an activating group) is 1. The Kier molecular flexibility index (Phi) is 2.97. The smallest absolute Gasteiger partial charge is 0.231 e. The predicted molar refractivity (Wildman–Crippen MR) is 65.5 cm³/mol. The minimum atomic E-state index is 0.180. The summed E-state index contributed by atoms with van der Waals surface area (Å²) >= 11 is 0. The summed E-state index contributed by atoms with van der Waals surface area (Å²) in [5.74, 6) is 0.180. The second kappa shape index (κ2) is 4.26. The van der Waals surface area contributed by atoms with E-state index in [9.17, 15) is 4.79 Å². The molecule has 3 nitrogen and oxygen atoms in total. The fourth-order valence-electron chi connectivity index (χ4n) is 2.07. The molecule has 1 amide bonds. The van der Waals surface area contributed by atoms with Crippen LogP contribution in [0.2, 0.25) is 0 Å². The average Bonchev–Trinajstić information content (AvgIpc) is 2.52. The average molecular weight is 218 g/mol. The van der Waals surface area contributed by atoms with Gasteiger partial charge in [-0.3, -0.25) is 4.79 Å². The van der Waals surface area contributed by atoms with E-state index in [4.69, 9.17) is 5.73 Å². The van der Waals surface area contributed by atoms with Crippen molar-refractivity contribution in [3.8, 4) is 0 Å². The first kappa shape index (κ1) is 11.1. The largest absolute Gasteiger partial charge is 0.328 e. The summed E-state index contributed by atoms with van der Waals surface area (Å²) < 4.78 is 0. The van der Waals surface area contributed by atoms with Crippen molar-refractivity contribution in [2.24, 2.45) is 5.73 Å². The molecule has 0 spiro atoms. The van der Waals surface area contributed by atoms with Gasteiger partial charge in [0.25, 0.3) is 0 Å². The Morgan fingerprint density at radius 2 is 2.25 bits per heavy atom. The highest BCUT2D eigenvalue weighted by atomic mass is 16.2. The number of hydrogen-bond donors (Lipinski definition) is 1. The Labute approximate surface area is 96.2 Å². The third-order valence-corrected chi connectivity index (χ3v) is 3.11. The Bertz CT molecular complexity index is 412. The summed E-state index contributed by atoms with van der Waals surface area (Å²) in [6.45, 7) is 2.02. The first-order valence-corrected chi connectivity index (χ1v) is 5.72. The topological polar surface area (TPSA) is 46.3 Å². The molecule has 0 radical (unpaired) electrons. The zero-order chi connectivity index (χ0) is 11.7. The molecule has 1 heterocycles. The number of carbonyl (C=O) groups is 1. The summed E-state index contributed by atoms with van der Waals surface area (Å²) in [6.07, 6.45) is 2.52. The Balaban J connectivity index is 2.15. The van der Waals surface area contributed by atoms with Crippen molar-refractivity contribution in [1.82, 2.24) is 0 Å². The minimum Gasteiger partial charge on any atom is -0.328 e. The number of carbonyl (C=O) groups excluding carboxylic acids is 1. The van der Waals surface area contributed by atoms with Crippen molar-refractivity contribution in [2.45, 2.75) is 32.2 Å². The predicted octanol–water partition coefficient (Wildman–Crippen LogP) is 1.49. The molecule has 1 atom stereocenters. The van der Waals surface area contributed by atoms with Crippen molar-refractivity contribution in [3.05, 3.63) is 29.3 Å². The monoisotopic (exact) mass is 218 g/mol. The van der Waals surface area contributed by atoms with Gasteiger partial charge in [0.1, 0.15) is 0 Å². The first-order chi connectivity index (χ1) is 7.58. The first-order valence-electron chi connectivity index (χ1n) is 5.72. The van der Waals surface area contributed by atoms with Gasteiger partial charge in [-0.05, 0) is 37.0 Å². The van der Waals surface area contributed by atoms with E-state index in [-0.39, 0.29) is 11.9 Å². The van der Waals surface area contributed by atoms with E-state index < -0.39 is 0 Å². The van der Waals surface area contributed by atoms with Crippen LogP contribution in [0.4, 0.5) is 5.69 Å². The standard InChI is InChI=1S/C13H18N2O/c1-9(14)3-4-10-5-6-12-11(7-10)8-13(16)15(12)2/h5-7,9H,3-4,8,14H2,1-2H3. The highest BCUT2D eigenvalue weighted by molar-refractivity contribution is 6.00. The van der Waals surface area contributed by atoms with Crippen LogP contribution in [-0.2, 0) is 17.6 Å². The molecule has 0 aromatic heterocycles. The molecule has 86 valence electrons. The molecule has 1 aromatic rings. The fraction of sp³-hybridized carbons (Fsp3) is 0.462. The lowest BCUT2D eigenvalue weighted by Gasteiger charge is -2.11. The van der Waals surface area contributed by atoms with E-state index >= 15 is 0 Å². The second-order valence-electron chi connectivity index (χ2n) is 4.61. The van der Waals surface area contributed by atoms with E-state index in [0.717, 1.165) is 24.1 Å². The summed E-state index contributed by atoms with van der Waals surface area (Å²) in [6, 6.07) is 6.50. The SMILES string of the molecule is CC(N)CCc1ccc2c(c1)CC(=O)N2C. The minimum absolute atomic E-state index is 0.180. The lowest BCUT2D eigenvalue weighted by atomic mass is 10.0. The van der Waals surface area contributed by atoms with Crippen LogP contribution < -0.4 is 10.6 Å². The van der Waals surface area contributed by atoms with Gasteiger partial charge in [0.2, 0.25) is 5.91 Å². The van der Waals surface area contributed by atoms with Gasteiger partial charge in [-0.2, -0.15) is 0 Å². The van der Waals surface area contributed by atoms with Gasteiger partial charge < -0.3 is 10.6 Å². The van der Waals surface area contributed by atoms with Crippen LogP contribution in [0.15, 0.2) is 18.2 Å². The number of anilines is 1. The summed E-state index contributed by atoms with van der Waals surface area (Å²) in [7, 11) is 1.83. The number of rotatable bonds is 3. The van der Waals surface area contributed by atoms with Gasteiger partial charge >= 0.3 is 0 Å². The van der Waals surface area contributed by atoms with Crippen molar-refractivity contribution in [3.63, 3.8) is 0 Å². The number of nitrogens with zero attached hydrogens (tertiary/aromatic N) is 1. The lowest BCUT2D eigenvalue weighted by molar-refractivity contribution is -0.117. The molecule has 0 bridgehead atoms. The number of fused-ring (bicyclic) bond motifs is 1. The Hall–Kier alpha value is -1.35. The third kappa shape index (κ3) is 2.09. The number of aryl methyl sites for hydroxylation is 1. The number of benzene rings is 1. The molecule has 0 saturated heterocycles. The molecule has 1 aromatic carbocycles. The number of hydrogen-bond acceptors (Lipinski definition) is 2. The maximum Gasteiger partial charge on any atom is 0.231 e. The molecular weight excluding hydrogens is 200 g/mol. The van der Waals surface area contributed by atoms with Crippen LogP contribution in [-0.4, -0.2) is 19.0 Å². The van der Waals surface area contributed by atoms with Crippen LogP contribution in [0.25, 0.3) is 0 Å².